The van der Waals surface area contributed by atoms with Crippen LogP contribution in [-0.4, -0.2) is 48.4 Å². The summed E-state index contributed by atoms with van der Waals surface area (Å²) in [4.78, 5) is 22.4. The Kier molecular flexibility index (Phi) is 9.53. The molecular weight excluding hydrogens is 270 g/mol. The number of Topliss-reactive ketones (excluding diaryl/α,β-unsaturated/α-hetero) is 1. The smallest absolute Gasteiger partial charge is 0.235 e. The number of nitrogens with two attached hydrogens (primary N) is 1. The first-order valence-electron chi connectivity index (χ1n) is 5.86. The van der Waals surface area contributed by atoms with Crippen LogP contribution >= 0.6 is 21.6 Å². The maximum absolute atomic E-state index is 11.4. The van der Waals surface area contributed by atoms with E-state index in [2.05, 4.69) is 10.6 Å². The topological polar surface area (TPSA) is 84.2 Å². The lowest BCUT2D eigenvalue weighted by molar-refractivity contribution is -0.119. The van der Waals surface area contributed by atoms with Crippen molar-refractivity contribution in [1.29, 1.82) is 0 Å². The van der Waals surface area contributed by atoms with Crippen molar-refractivity contribution in [3.8, 4) is 0 Å². The van der Waals surface area contributed by atoms with Gasteiger partial charge in [0, 0.05) is 17.5 Å². The lowest BCUT2D eigenvalue weighted by Gasteiger charge is -2.18. The second-order valence-corrected chi connectivity index (χ2v) is 6.85. The normalized spacial score (nSPS) is 14.5. The van der Waals surface area contributed by atoms with Crippen LogP contribution in [0.3, 0.4) is 0 Å². The number of amides is 1. The van der Waals surface area contributed by atoms with Crippen molar-refractivity contribution in [2.24, 2.45) is 5.73 Å². The van der Waals surface area contributed by atoms with E-state index in [-0.39, 0.29) is 29.8 Å². The monoisotopic (exact) mass is 293 g/mol. The zero-order chi connectivity index (χ0) is 14.1. The zero-order valence-electron chi connectivity index (χ0n) is 11.4. The standard InChI is InChI=1S/C11H23N3O2S2/c1-7(2)14-9(8(3)15)5-17-18-6-10(13-4)11(12)16/h7,9-10,13-14H,5-6H2,1-4H3,(H2,12,16). The van der Waals surface area contributed by atoms with E-state index in [4.69, 9.17) is 5.73 Å². The molecule has 0 fully saturated rings. The van der Waals surface area contributed by atoms with Gasteiger partial charge in [-0.1, -0.05) is 35.4 Å². The molecule has 0 heterocycles. The number of carbonyl (C=O) groups is 2. The molecule has 5 nitrogen and oxygen atoms in total. The molecule has 2 unspecified atom stereocenters. The first-order valence-corrected chi connectivity index (χ1v) is 8.34. The molecule has 0 aliphatic rings. The SMILES string of the molecule is CNC(CSSCC(NC(C)C)C(C)=O)C(N)=O. The third kappa shape index (κ3) is 7.97. The number of rotatable bonds is 10. The Morgan fingerprint density at radius 1 is 1.17 bits per heavy atom. The number of nitrogens with one attached hydrogen (secondary N) is 2. The first kappa shape index (κ1) is 17.8. The van der Waals surface area contributed by atoms with Crippen LogP contribution < -0.4 is 16.4 Å². The van der Waals surface area contributed by atoms with E-state index in [0.29, 0.717) is 11.5 Å². The molecule has 18 heavy (non-hydrogen) atoms. The Balaban J connectivity index is 3.92. The highest BCUT2D eigenvalue weighted by atomic mass is 33.1. The van der Waals surface area contributed by atoms with Crippen molar-refractivity contribution in [3.05, 3.63) is 0 Å². The average Bonchev–Trinajstić information content (AvgIpc) is 2.26. The summed E-state index contributed by atoms with van der Waals surface area (Å²) in [6, 6.07) is -0.180. The summed E-state index contributed by atoms with van der Waals surface area (Å²) in [6.45, 7) is 5.61. The van der Waals surface area contributed by atoms with Crippen molar-refractivity contribution < 1.29 is 9.59 Å². The lowest BCUT2D eigenvalue weighted by Crippen LogP contribution is -2.42. The third-order valence-corrected chi connectivity index (χ3v) is 4.69. The molecule has 1 amide bonds. The van der Waals surface area contributed by atoms with Gasteiger partial charge >= 0.3 is 0 Å². The number of hydrogen-bond acceptors (Lipinski definition) is 6. The van der Waals surface area contributed by atoms with Gasteiger partial charge in [-0.2, -0.15) is 0 Å². The minimum atomic E-state index is -0.353. The van der Waals surface area contributed by atoms with Crippen molar-refractivity contribution in [3.63, 3.8) is 0 Å². The highest BCUT2D eigenvalue weighted by Crippen LogP contribution is 2.23. The number of carbonyl (C=O) groups excluding carboxylic acids is 2. The van der Waals surface area contributed by atoms with Crippen molar-refractivity contribution >= 4 is 33.3 Å². The van der Waals surface area contributed by atoms with Gasteiger partial charge in [-0.05, 0) is 14.0 Å². The lowest BCUT2D eigenvalue weighted by atomic mass is 10.2. The van der Waals surface area contributed by atoms with Gasteiger partial charge in [-0.25, -0.2) is 0 Å². The molecule has 106 valence electrons. The summed E-state index contributed by atoms with van der Waals surface area (Å²) in [6.07, 6.45) is 0. The van der Waals surface area contributed by atoms with E-state index in [1.54, 1.807) is 35.6 Å². The first-order chi connectivity index (χ1) is 8.38. The molecule has 0 radical (unpaired) electrons. The molecule has 2 atom stereocenters. The van der Waals surface area contributed by atoms with E-state index in [1.807, 2.05) is 13.8 Å². The highest BCUT2D eigenvalue weighted by Gasteiger charge is 2.16. The summed E-state index contributed by atoms with van der Waals surface area (Å²) in [5, 5.41) is 6.07. The van der Waals surface area contributed by atoms with Crippen LogP contribution in [0.15, 0.2) is 0 Å². The Morgan fingerprint density at radius 3 is 2.00 bits per heavy atom. The Labute approximate surface area is 117 Å². The molecule has 0 spiro atoms. The van der Waals surface area contributed by atoms with Gasteiger partial charge in [0.05, 0.1) is 12.1 Å². The summed E-state index contributed by atoms with van der Waals surface area (Å²) in [5.41, 5.74) is 5.21. The Morgan fingerprint density at radius 2 is 1.67 bits per heavy atom. The van der Waals surface area contributed by atoms with Gasteiger partial charge in [0.25, 0.3) is 0 Å². The summed E-state index contributed by atoms with van der Waals surface area (Å²) in [5.74, 6) is 1.07. The van der Waals surface area contributed by atoms with Crippen LogP contribution in [0.2, 0.25) is 0 Å². The van der Waals surface area contributed by atoms with Crippen LogP contribution in [-0.2, 0) is 9.59 Å². The molecule has 0 aromatic rings. The van der Waals surface area contributed by atoms with Crippen molar-refractivity contribution in [1.82, 2.24) is 10.6 Å². The molecule has 0 aliphatic heterocycles. The number of primary amides is 1. The Hall–Kier alpha value is -0.240. The predicted octanol–water partition coefficient (Wildman–Crippen LogP) is 0.397. The second kappa shape index (κ2) is 9.66. The van der Waals surface area contributed by atoms with Crippen LogP contribution in [0.1, 0.15) is 20.8 Å². The molecule has 0 aliphatic carbocycles. The predicted molar refractivity (Wildman–Crippen MR) is 79.7 cm³/mol. The molecule has 0 bridgehead atoms. The summed E-state index contributed by atoms with van der Waals surface area (Å²) < 4.78 is 0. The molecule has 4 N–H and O–H groups in total. The molecule has 0 saturated carbocycles. The fourth-order valence-electron chi connectivity index (χ4n) is 1.23. The van der Waals surface area contributed by atoms with Gasteiger partial charge in [-0.15, -0.1) is 0 Å². The van der Waals surface area contributed by atoms with Gasteiger partial charge < -0.3 is 16.4 Å². The van der Waals surface area contributed by atoms with Crippen LogP contribution in [0.4, 0.5) is 0 Å². The number of likely N-dealkylation sites (N-methyl/N-ethyl adjacent to an activating group) is 1. The van der Waals surface area contributed by atoms with E-state index in [1.165, 1.54) is 0 Å². The molecule has 0 saturated heterocycles. The van der Waals surface area contributed by atoms with Gasteiger partial charge in [-0.3, -0.25) is 9.59 Å². The molecule has 0 rings (SSSR count). The quantitative estimate of drug-likeness (QED) is 0.399. The van der Waals surface area contributed by atoms with Gasteiger partial charge in [0.15, 0.2) is 0 Å². The van der Waals surface area contributed by atoms with Crippen molar-refractivity contribution in [2.75, 3.05) is 18.6 Å². The fourth-order valence-corrected chi connectivity index (χ4v) is 3.75. The van der Waals surface area contributed by atoms with E-state index < -0.39 is 0 Å². The van der Waals surface area contributed by atoms with Crippen LogP contribution in [0, 0.1) is 0 Å². The maximum atomic E-state index is 11.4. The second-order valence-electron chi connectivity index (χ2n) is 4.30. The third-order valence-electron chi connectivity index (χ3n) is 2.27. The minimum Gasteiger partial charge on any atom is -0.368 e. The number of ketones is 1. The summed E-state index contributed by atoms with van der Waals surface area (Å²) in [7, 11) is 4.83. The molecule has 7 heteroatoms. The van der Waals surface area contributed by atoms with Crippen LogP contribution in [0.5, 0.6) is 0 Å². The van der Waals surface area contributed by atoms with Crippen LogP contribution in [0.25, 0.3) is 0 Å². The molecular formula is C11H23N3O2S2. The fraction of sp³-hybridized carbons (Fsp3) is 0.818. The zero-order valence-corrected chi connectivity index (χ0v) is 13.0. The number of hydrogen-bond donors (Lipinski definition) is 3. The van der Waals surface area contributed by atoms with E-state index in [0.717, 1.165) is 0 Å². The van der Waals surface area contributed by atoms with Gasteiger partial charge in [0.2, 0.25) is 5.91 Å². The Bertz CT molecular complexity index is 275. The maximum Gasteiger partial charge on any atom is 0.235 e. The molecule has 0 aromatic heterocycles. The molecule has 0 aromatic carbocycles. The van der Waals surface area contributed by atoms with E-state index >= 15 is 0 Å². The van der Waals surface area contributed by atoms with Gasteiger partial charge in [0.1, 0.15) is 5.78 Å². The largest absolute Gasteiger partial charge is 0.368 e. The highest BCUT2D eigenvalue weighted by molar-refractivity contribution is 8.76. The minimum absolute atomic E-state index is 0.135. The average molecular weight is 293 g/mol. The van der Waals surface area contributed by atoms with Crippen molar-refractivity contribution in [2.45, 2.75) is 38.9 Å². The van der Waals surface area contributed by atoms with E-state index in [9.17, 15) is 9.59 Å². The summed E-state index contributed by atoms with van der Waals surface area (Å²) >= 11 is 0.